The van der Waals surface area contributed by atoms with E-state index in [-0.39, 0.29) is 17.9 Å². The first kappa shape index (κ1) is 25.9. The minimum Gasteiger partial charge on any atom is -0.305 e. The monoisotopic (exact) mass is 420 g/mol. The van der Waals surface area contributed by atoms with Gasteiger partial charge in [0.1, 0.15) is 0 Å². The normalized spacial score (nSPS) is 11.8. The first-order valence-corrected chi connectivity index (χ1v) is 11.0. The summed E-state index contributed by atoms with van der Waals surface area (Å²) >= 11 is 0. The molecule has 1 aromatic heterocycles. The largest absolute Gasteiger partial charge is 0.305 e. The molecule has 1 atom stereocenters. The highest BCUT2D eigenvalue weighted by Gasteiger charge is 2.13. The number of aromatic nitrogens is 2. The van der Waals surface area contributed by atoms with Crippen LogP contribution < -0.4 is 5.32 Å². The van der Waals surface area contributed by atoms with Crippen LogP contribution in [0.3, 0.4) is 0 Å². The third kappa shape index (κ3) is 8.25. The maximum Gasteiger partial charge on any atom is 0.256 e. The van der Waals surface area contributed by atoms with Crippen LogP contribution in [0.5, 0.6) is 0 Å². The molecule has 0 aliphatic rings. The Morgan fingerprint density at radius 2 is 1.94 bits per heavy atom. The molecule has 2 aromatic rings. The van der Waals surface area contributed by atoms with Crippen molar-refractivity contribution in [1.82, 2.24) is 9.78 Å². The van der Waals surface area contributed by atoms with Crippen molar-refractivity contribution in [2.75, 3.05) is 5.32 Å². The van der Waals surface area contributed by atoms with E-state index in [1.165, 1.54) is 0 Å². The van der Waals surface area contributed by atoms with E-state index in [0.717, 1.165) is 23.1 Å². The molecular formula is C26H36N4O. The molecule has 0 spiro atoms. The van der Waals surface area contributed by atoms with E-state index in [9.17, 15) is 4.79 Å². The van der Waals surface area contributed by atoms with E-state index >= 15 is 0 Å². The highest BCUT2D eigenvalue weighted by atomic mass is 16.1. The van der Waals surface area contributed by atoms with Gasteiger partial charge < -0.3 is 5.32 Å². The zero-order valence-corrected chi connectivity index (χ0v) is 20.2. The number of aliphatic imine (C=N–C) groups is 1. The number of allylic oxidation sites excluding steroid dienone is 1. The number of nitrogens with one attached hydrogen (secondary N) is 1. The molecule has 1 N–H and O–H groups in total. The van der Waals surface area contributed by atoms with Gasteiger partial charge in [-0.05, 0) is 58.7 Å². The van der Waals surface area contributed by atoms with Gasteiger partial charge >= 0.3 is 0 Å². The Kier molecular flexibility index (Phi) is 11.1. The highest BCUT2D eigenvalue weighted by Crippen LogP contribution is 2.17. The van der Waals surface area contributed by atoms with Gasteiger partial charge in [0.2, 0.25) is 0 Å². The van der Waals surface area contributed by atoms with Crippen LogP contribution in [0.15, 0.2) is 41.7 Å². The Morgan fingerprint density at radius 3 is 2.55 bits per heavy atom. The molecule has 0 aliphatic carbocycles. The maximum atomic E-state index is 12.7. The van der Waals surface area contributed by atoms with Crippen molar-refractivity contribution in [2.24, 2.45) is 10.9 Å². The predicted molar refractivity (Wildman–Crippen MR) is 132 cm³/mol. The maximum absolute atomic E-state index is 12.7. The molecule has 0 saturated carbocycles. The number of nitrogens with zero attached hydrogens (tertiary/aromatic N) is 3. The molecule has 0 bridgehead atoms. The molecule has 5 heteroatoms. The first-order valence-electron chi connectivity index (χ1n) is 11.0. The predicted octanol–water partition coefficient (Wildman–Crippen LogP) is 6.34. The Hall–Kier alpha value is -3.13. The van der Waals surface area contributed by atoms with Gasteiger partial charge in [-0.1, -0.05) is 44.8 Å². The summed E-state index contributed by atoms with van der Waals surface area (Å²) in [6, 6.07) is 5.79. The topological polar surface area (TPSA) is 59.3 Å². The zero-order chi connectivity index (χ0) is 23.4. The average molecular weight is 421 g/mol. The van der Waals surface area contributed by atoms with E-state index in [0.29, 0.717) is 11.4 Å². The van der Waals surface area contributed by atoms with Crippen molar-refractivity contribution in [3.8, 4) is 11.8 Å². The van der Waals surface area contributed by atoms with Crippen LogP contribution in [-0.2, 0) is 0 Å². The fourth-order valence-corrected chi connectivity index (χ4v) is 2.52. The lowest BCUT2D eigenvalue weighted by molar-refractivity contribution is 0.102. The molecule has 0 saturated heterocycles. The average Bonchev–Trinajstić information content (AvgIpc) is 3.12. The van der Waals surface area contributed by atoms with Gasteiger partial charge in [0.25, 0.3) is 5.91 Å². The number of carbonyl (C=O) groups is 1. The smallest absolute Gasteiger partial charge is 0.256 e. The van der Waals surface area contributed by atoms with Crippen LogP contribution in [0.25, 0.3) is 0 Å². The summed E-state index contributed by atoms with van der Waals surface area (Å²) in [6.45, 7) is 16.1. The van der Waals surface area contributed by atoms with E-state index in [2.05, 4.69) is 48.0 Å². The van der Waals surface area contributed by atoms with Gasteiger partial charge in [0.05, 0.1) is 5.92 Å². The number of amides is 1. The first-order chi connectivity index (χ1) is 14.8. The number of hydrogen-bond acceptors (Lipinski definition) is 3. The second kappa shape index (κ2) is 13.2. The van der Waals surface area contributed by atoms with Crippen LogP contribution >= 0.6 is 0 Å². The number of anilines is 1. The summed E-state index contributed by atoms with van der Waals surface area (Å²) in [7, 11) is 0. The van der Waals surface area contributed by atoms with Crippen LogP contribution in [0.1, 0.15) is 81.1 Å². The SMILES string of the molecule is CC.CC/C=C\N=CC(C)C#Cc1cc(C(=O)Nc2nn(C(C)C)cc2C)ccc1C. The number of benzene rings is 1. The molecule has 166 valence electrons. The fraction of sp³-hybridized carbons (Fsp3) is 0.423. The minimum absolute atomic E-state index is 0.0241. The van der Waals surface area contributed by atoms with Crippen LogP contribution in [-0.4, -0.2) is 21.9 Å². The number of aryl methyl sites for hydroxylation is 2. The van der Waals surface area contributed by atoms with Gasteiger partial charge in [-0.2, -0.15) is 5.10 Å². The zero-order valence-electron chi connectivity index (χ0n) is 20.2. The molecule has 1 heterocycles. The highest BCUT2D eigenvalue weighted by molar-refractivity contribution is 6.04. The molecule has 0 fully saturated rings. The van der Waals surface area contributed by atoms with Crippen molar-refractivity contribution < 1.29 is 4.79 Å². The fourth-order valence-electron chi connectivity index (χ4n) is 2.52. The van der Waals surface area contributed by atoms with E-state index in [1.807, 2.05) is 76.0 Å². The Bertz CT molecular complexity index is 971. The molecular weight excluding hydrogens is 384 g/mol. The lowest BCUT2D eigenvalue weighted by atomic mass is 10.0. The van der Waals surface area contributed by atoms with Gasteiger partial charge in [-0.3, -0.25) is 14.5 Å². The summed E-state index contributed by atoms with van der Waals surface area (Å²) < 4.78 is 1.84. The molecule has 5 nitrogen and oxygen atoms in total. The molecule has 0 radical (unpaired) electrons. The van der Waals surface area contributed by atoms with E-state index < -0.39 is 0 Å². The van der Waals surface area contributed by atoms with Crippen LogP contribution in [0.2, 0.25) is 0 Å². The summed E-state index contributed by atoms with van der Waals surface area (Å²) in [6.07, 6.45) is 8.50. The quantitative estimate of drug-likeness (QED) is 0.438. The lowest BCUT2D eigenvalue weighted by Gasteiger charge is -2.06. The second-order valence-electron chi connectivity index (χ2n) is 7.37. The molecule has 2 rings (SSSR count). The number of rotatable bonds is 6. The third-order valence-electron chi connectivity index (χ3n) is 4.35. The summed E-state index contributed by atoms with van der Waals surface area (Å²) in [4.78, 5) is 16.9. The van der Waals surface area contributed by atoms with Crippen molar-refractivity contribution in [2.45, 2.75) is 67.9 Å². The second-order valence-corrected chi connectivity index (χ2v) is 7.37. The summed E-state index contributed by atoms with van der Waals surface area (Å²) in [5.74, 6) is 6.77. The number of carbonyl (C=O) groups excluding carboxylic acids is 1. The Balaban J connectivity index is 0.00000233. The van der Waals surface area contributed by atoms with Crippen molar-refractivity contribution >= 4 is 17.9 Å². The third-order valence-corrected chi connectivity index (χ3v) is 4.35. The van der Waals surface area contributed by atoms with Crippen molar-refractivity contribution in [3.63, 3.8) is 0 Å². The standard InChI is InChI=1S/C24H30N4O.C2H6/c1-7-8-13-25-15-18(4)9-11-21-14-22(12-10-19(21)5)24(29)26-23-20(6)16-28(27-23)17(2)3;1-2/h8,10,12-18H,7H2,1-6H3,(H,26,27,29);1-2H3/b13-8-,25-15?;. The van der Waals surface area contributed by atoms with E-state index in [4.69, 9.17) is 0 Å². The number of hydrogen-bond donors (Lipinski definition) is 1. The van der Waals surface area contributed by atoms with E-state index in [1.54, 1.807) is 6.20 Å². The summed E-state index contributed by atoms with van der Waals surface area (Å²) in [5.41, 5.74) is 3.37. The van der Waals surface area contributed by atoms with Gasteiger partial charge in [0.15, 0.2) is 5.82 Å². The molecule has 1 amide bonds. The van der Waals surface area contributed by atoms with Gasteiger partial charge in [0, 0.05) is 41.3 Å². The van der Waals surface area contributed by atoms with Crippen LogP contribution in [0, 0.1) is 31.6 Å². The van der Waals surface area contributed by atoms with Crippen LogP contribution in [0.4, 0.5) is 5.82 Å². The van der Waals surface area contributed by atoms with Gasteiger partial charge in [-0.25, -0.2) is 0 Å². The van der Waals surface area contributed by atoms with Crippen molar-refractivity contribution in [3.05, 3.63) is 58.9 Å². The summed E-state index contributed by atoms with van der Waals surface area (Å²) in [5, 5.41) is 7.36. The lowest BCUT2D eigenvalue weighted by Crippen LogP contribution is -2.14. The van der Waals surface area contributed by atoms with Gasteiger partial charge in [-0.15, -0.1) is 0 Å². The van der Waals surface area contributed by atoms with Crippen molar-refractivity contribution in [1.29, 1.82) is 0 Å². The molecule has 0 aliphatic heterocycles. The molecule has 1 unspecified atom stereocenters. The molecule has 31 heavy (non-hydrogen) atoms. The Labute approximate surface area is 187 Å². The Morgan fingerprint density at radius 1 is 1.23 bits per heavy atom. The minimum atomic E-state index is -0.190. The molecule has 1 aromatic carbocycles.